The number of methoxy groups -OCH3 is 1. The molecule has 0 fully saturated rings. The van der Waals surface area contributed by atoms with Gasteiger partial charge < -0.3 is 4.74 Å². The second-order valence-corrected chi connectivity index (χ2v) is 6.58. The molecule has 0 amide bonds. The van der Waals surface area contributed by atoms with Crippen LogP contribution in [0, 0.1) is 5.82 Å². The Balaban J connectivity index is 2.06. The van der Waals surface area contributed by atoms with Gasteiger partial charge in [0.2, 0.25) is 0 Å². The number of aromatic nitrogens is 1. The van der Waals surface area contributed by atoms with Crippen molar-refractivity contribution in [3.63, 3.8) is 0 Å². The van der Waals surface area contributed by atoms with Gasteiger partial charge in [-0.3, -0.25) is 9.19 Å². The maximum absolute atomic E-state index is 13.6. The van der Waals surface area contributed by atoms with Crippen LogP contribution in [0.4, 0.5) is 4.39 Å². The van der Waals surface area contributed by atoms with Gasteiger partial charge in [-0.1, -0.05) is 29.3 Å². The number of pyridine rings is 1. The minimum atomic E-state index is -1.25. The molecule has 1 atom stereocenters. The maximum Gasteiger partial charge on any atom is 0.165 e. The molecule has 0 radical (unpaired) electrons. The first kappa shape index (κ1) is 16.2. The highest BCUT2D eigenvalue weighted by molar-refractivity contribution is 7.83. The molecule has 1 aromatic carbocycles. The van der Waals surface area contributed by atoms with E-state index in [4.69, 9.17) is 27.9 Å². The van der Waals surface area contributed by atoms with Crippen LogP contribution in [0.1, 0.15) is 11.3 Å². The number of halogens is 3. The van der Waals surface area contributed by atoms with Crippen LogP contribution in [0.5, 0.6) is 5.75 Å². The molecule has 3 nitrogen and oxygen atoms in total. The summed E-state index contributed by atoms with van der Waals surface area (Å²) in [7, 11) is 0.140. The van der Waals surface area contributed by atoms with Gasteiger partial charge in [-0.2, -0.15) is 0 Å². The van der Waals surface area contributed by atoms with E-state index < -0.39 is 16.6 Å². The third-order valence-corrected chi connectivity index (χ3v) is 4.51. The first-order chi connectivity index (χ1) is 9.99. The molecular weight excluding hydrogens is 336 g/mol. The lowest BCUT2D eigenvalue weighted by Gasteiger charge is -2.06. The summed E-state index contributed by atoms with van der Waals surface area (Å²) in [6.07, 6.45) is 1.45. The van der Waals surface area contributed by atoms with Crippen LogP contribution in [0.2, 0.25) is 10.0 Å². The van der Waals surface area contributed by atoms with Gasteiger partial charge >= 0.3 is 0 Å². The molecule has 21 heavy (non-hydrogen) atoms. The summed E-state index contributed by atoms with van der Waals surface area (Å²) in [5.74, 6) is 0.0761. The maximum atomic E-state index is 13.6. The average molecular weight is 348 g/mol. The van der Waals surface area contributed by atoms with E-state index in [1.807, 2.05) is 0 Å². The minimum Gasteiger partial charge on any atom is -0.494 e. The predicted molar refractivity (Wildman–Crippen MR) is 82.8 cm³/mol. The van der Waals surface area contributed by atoms with Gasteiger partial charge in [-0.05, 0) is 23.8 Å². The number of hydrogen-bond acceptors (Lipinski definition) is 3. The van der Waals surface area contributed by atoms with Crippen molar-refractivity contribution in [3.8, 4) is 5.75 Å². The fourth-order valence-electron chi connectivity index (χ4n) is 1.74. The summed E-state index contributed by atoms with van der Waals surface area (Å²) in [6.45, 7) is 0. The fourth-order valence-corrected chi connectivity index (χ4v) is 3.45. The Kier molecular flexibility index (Phi) is 5.56. The Bertz CT molecular complexity index is 682. The molecule has 112 valence electrons. The van der Waals surface area contributed by atoms with E-state index in [1.165, 1.54) is 25.4 Å². The van der Waals surface area contributed by atoms with Gasteiger partial charge in [0.25, 0.3) is 0 Å². The summed E-state index contributed by atoms with van der Waals surface area (Å²) in [5, 5.41) is 0.795. The molecule has 0 aliphatic carbocycles. The van der Waals surface area contributed by atoms with Crippen LogP contribution in [0.15, 0.2) is 30.5 Å². The van der Waals surface area contributed by atoms with Crippen LogP contribution in [-0.2, 0) is 22.3 Å². The van der Waals surface area contributed by atoms with Crippen molar-refractivity contribution in [3.05, 3.63) is 57.6 Å². The van der Waals surface area contributed by atoms with E-state index in [1.54, 1.807) is 12.1 Å². The largest absolute Gasteiger partial charge is 0.494 e. The van der Waals surface area contributed by atoms with Crippen molar-refractivity contribution in [2.45, 2.75) is 11.5 Å². The van der Waals surface area contributed by atoms with Crippen LogP contribution in [0.25, 0.3) is 0 Å². The van der Waals surface area contributed by atoms with Crippen molar-refractivity contribution in [1.82, 2.24) is 4.98 Å². The average Bonchev–Trinajstić information content (AvgIpc) is 2.42. The van der Waals surface area contributed by atoms with Gasteiger partial charge in [0, 0.05) is 22.7 Å². The summed E-state index contributed by atoms with van der Waals surface area (Å²) in [5.41, 5.74) is 1.13. The second-order valence-electron chi connectivity index (χ2n) is 4.28. The Labute approximate surface area is 134 Å². The van der Waals surface area contributed by atoms with Crippen molar-refractivity contribution in [2.24, 2.45) is 0 Å². The molecule has 0 spiro atoms. The fraction of sp³-hybridized carbons (Fsp3) is 0.214. The number of nitrogens with zero attached hydrogens (tertiary/aromatic N) is 1. The van der Waals surface area contributed by atoms with Gasteiger partial charge in [0.15, 0.2) is 11.6 Å². The summed E-state index contributed by atoms with van der Waals surface area (Å²) in [4.78, 5) is 4.05. The molecule has 7 heteroatoms. The molecule has 2 rings (SSSR count). The van der Waals surface area contributed by atoms with Gasteiger partial charge in [-0.15, -0.1) is 0 Å². The third-order valence-electron chi connectivity index (χ3n) is 2.73. The number of hydrogen-bond donors (Lipinski definition) is 0. The zero-order valence-electron chi connectivity index (χ0n) is 11.1. The molecule has 1 heterocycles. The predicted octanol–water partition coefficient (Wildman–Crippen LogP) is 3.99. The van der Waals surface area contributed by atoms with E-state index >= 15 is 0 Å². The topological polar surface area (TPSA) is 39.2 Å². The molecule has 2 aromatic rings. The summed E-state index contributed by atoms with van der Waals surface area (Å²) < 4.78 is 30.5. The summed E-state index contributed by atoms with van der Waals surface area (Å²) >= 11 is 11.7. The summed E-state index contributed by atoms with van der Waals surface area (Å²) in [6, 6.07) is 6.05. The van der Waals surface area contributed by atoms with E-state index in [2.05, 4.69) is 4.98 Å². The zero-order chi connectivity index (χ0) is 15.4. The standard InChI is InChI=1S/C14H12Cl2FNO2S/c1-20-14-3-2-9(4-12(14)17)7-21(19)8-13-11(16)5-10(15)6-18-13/h2-6H,7-8H2,1H3/t21-/m1/s1. The first-order valence-corrected chi connectivity index (χ1v) is 8.21. The van der Waals surface area contributed by atoms with E-state index in [9.17, 15) is 8.60 Å². The molecule has 0 N–H and O–H groups in total. The lowest BCUT2D eigenvalue weighted by molar-refractivity contribution is 0.386. The molecular formula is C14H12Cl2FNO2S. The number of rotatable bonds is 5. The Morgan fingerprint density at radius 2 is 2.05 bits per heavy atom. The SMILES string of the molecule is COc1ccc(C[S@@](=O)Cc2ncc(Cl)cc2Cl)cc1F. The smallest absolute Gasteiger partial charge is 0.165 e. The number of benzene rings is 1. The monoisotopic (exact) mass is 347 g/mol. The van der Waals surface area contributed by atoms with Crippen molar-refractivity contribution in [1.29, 1.82) is 0 Å². The van der Waals surface area contributed by atoms with Crippen molar-refractivity contribution in [2.75, 3.05) is 7.11 Å². The normalized spacial score (nSPS) is 12.2. The van der Waals surface area contributed by atoms with Crippen molar-refractivity contribution >= 4 is 34.0 Å². The third kappa shape index (κ3) is 4.40. The van der Waals surface area contributed by atoms with Crippen LogP contribution in [-0.4, -0.2) is 16.3 Å². The lowest BCUT2D eigenvalue weighted by atomic mass is 10.2. The molecule has 0 bridgehead atoms. The molecule has 0 unspecified atom stereocenters. The Hall–Kier alpha value is -1.17. The van der Waals surface area contributed by atoms with Crippen LogP contribution < -0.4 is 4.74 Å². The van der Waals surface area contributed by atoms with E-state index in [0.29, 0.717) is 21.3 Å². The molecule has 0 saturated heterocycles. The van der Waals surface area contributed by atoms with Crippen LogP contribution in [0.3, 0.4) is 0 Å². The molecule has 0 aliphatic heterocycles. The van der Waals surface area contributed by atoms with Crippen LogP contribution >= 0.6 is 23.2 Å². The minimum absolute atomic E-state index is 0.159. The highest BCUT2D eigenvalue weighted by Gasteiger charge is 2.10. The first-order valence-electron chi connectivity index (χ1n) is 5.97. The quantitative estimate of drug-likeness (QED) is 0.820. The second kappa shape index (κ2) is 7.20. The molecule has 0 aliphatic rings. The van der Waals surface area contributed by atoms with E-state index in [0.717, 1.165) is 0 Å². The Morgan fingerprint density at radius 3 is 2.67 bits per heavy atom. The van der Waals surface area contributed by atoms with Gasteiger partial charge in [-0.25, -0.2) is 4.39 Å². The van der Waals surface area contributed by atoms with Crippen molar-refractivity contribution < 1.29 is 13.3 Å². The Morgan fingerprint density at radius 1 is 1.29 bits per heavy atom. The number of ether oxygens (including phenoxy) is 1. The van der Waals surface area contributed by atoms with E-state index in [-0.39, 0.29) is 17.3 Å². The molecule has 1 aromatic heterocycles. The lowest BCUT2D eigenvalue weighted by Crippen LogP contribution is -2.02. The highest BCUT2D eigenvalue weighted by Crippen LogP contribution is 2.22. The van der Waals surface area contributed by atoms with Gasteiger partial charge in [0.1, 0.15) is 0 Å². The van der Waals surface area contributed by atoms with Gasteiger partial charge in [0.05, 0.1) is 28.6 Å². The highest BCUT2D eigenvalue weighted by atomic mass is 35.5. The molecule has 0 saturated carbocycles. The zero-order valence-corrected chi connectivity index (χ0v) is 13.4.